The number of imidazole rings is 1. The number of aromatic amines is 1. The van der Waals surface area contributed by atoms with Gasteiger partial charge < -0.3 is 10.3 Å². The molecule has 0 spiro atoms. The van der Waals surface area contributed by atoms with Crippen LogP contribution in [-0.2, 0) is 0 Å². The van der Waals surface area contributed by atoms with Gasteiger partial charge in [0.05, 0.1) is 28.4 Å². The van der Waals surface area contributed by atoms with E-state index in [1.807, 2.05) is 55.5 Å². The summed E-state index contributed by atoms with van der Waals surface area (Å²) in [6.45, 7) is 1.93. The zero-order valence-electron chi connectivity index (χ0n) is 16.0. The lowest BCUT2D eigenvalue weighted by Crippen LogP contribution is -2.31. The molecule has 3 aromatic heterocycles. The van der Waals surface area contributed by atoms with Gasteiger partial charge in [-0.25, -0.2) is 9.78 Å². The van der Waals surface area contributed by atoms with Crippen LogP contribution in [0.5, 0.6) is 0 Å². The van der Waals surface area contributed by atoms with Crippen molar-refractivity contribution in [2.24, 2.45) is 0 Å². The van der Waals surface area contributed by atoms with Crippen molar-refractivity contribution in [3.05, 3.63) is 77.8 Å². The third-order valence-electron chi connectivity index (χ3n) is 5.08. The molecule has 0 saturated heterocycles. The number of hydrogen-bond acceptors (Lipinski definition) is 4. The molecule has 8 heteroatoms. The number of nitrogens with zero attached hydrogens (tertiary/aromatic N) is 4. The van der Waals surface area contributed by atoms with E-state index in [1.54, 1.807) is 18.7 Å². The molecule has 148 valence electrons. The van der Waals surface area contributed by atoms with Gasteiger partial charge in [-0.15, -0.1) is 0 Å². The van der Waals surface area contributed by atoms with Crippen LogP contribution in [0.4, 0.5) is 4.79 Å². The van der Waals surface area contributed by atoms with Crippen LogP contribution < -0.4 is 5.32 Å². The van der Waals surface area contributed by atoms with Crippen LogP contribution in [0, 0.1) is 0 Å². The third-order valence-corrected chi connectivity index (χ3v) is 5.45. The van der Waals surface area contributed by atoms with E-state index in [9.17, 15) is 4.79 Å². The molecule has 0 unspecified atom stereocenters. The van der Waals surface area contributed by atoms with E-state index in [-0.39, 0.29) is 12.1 Å². The summed E-state index contributed by atoms with van der Waals surface area (Å²) in [5.74, 6) is 0. The zero-order valence-corrected chi connectivity index (χ0v) is 16.8. The minimum absolute atomic E-state index is 0.197. The Morgan fingerprint density at radius 1 is 1.17 bits per heavy atom. The molecule has 2 aromatic carbocycles. The first-order valence-corrected chi connectivity index (χ1v) is 9.82. The van der Waals surface area contributed by atoms with Crippen molar-refractivity contribution in [2.75, 3.05) is 0 Å². The van der Waals surface area contributed by atoms with Crippen LogP contribution in [-0.4, -0.2) is 30.8 Å². The standard InChI is InChI=1S/C22H17ClN6O/c1-13(14-5-3-2-4-6-14)27-22(30)29-21-16(11-17-20(18(21)23)26-12-25-17)19(28-29)15-7-9-24-10-8-15/h2-13H,1H3,(H,25,26)(H,27,30)/t13-/m1/s1. The second-order valence-electron chi connectivity index (χ2n) is 6.96. The fourth-order valence-electron chi connectivity index (χ4n) is 3.56. The monoisotopic (exact) mass is 416 g/mol. The predicted molar refractivity (Wildman–Crippen MR) is 116 cm³/mol. The van der Waals surface area contributed by atoms with E-state index in [4.69, 9.17) is 11.6 Å². The van der Waals surface area contributed by atoms with Crippen molar-refractivity contribution in [1.82, 2.24) is 30.0 Å². The molecular weight excluding hydrogens is 400 g/mol. The summed E-state index contributed by atoms with van der Waals surface area (Å²) < 4.78 is 1.33. The Balaban J connectivity index is 1.66. The molecular formula is C22H17ClN6O. The van der Waals surface area contributed by atoms with Crippen molar-refractivity contribution in [2.45, 2.75) is 13.0 Å². The molecule has 0 aliphatic rings. The van der Waals surface area contributed by atoms with Crippen LogP contribution in [0.25, 0.3) is 33.2 Å². The number of pyridine rings is 1. The van der Waals surface area contributed by atoms with Gasteiger partial charge in [0, 0.05) is 23.3 Å². The number of carbonyl (C=O) groups is 1. The highest BCUT2D eigenvalue weighted by Gasteiger charge is 2.23. The van der Waals surface area contributed by atoms with Crippen molar-refractivity contribution in [1.29, 1.82) is 0 Å². The quantitative estimate of drug-likeness (QED) is 0.435. The number of fused-ring (bicyclic) bond motifs is 2. The SMILES string of the molecule is C[C@@H](NC(=O)n1nc(-c2ccncc2)c2cc3nc[nH]c3c(Cl)c21)c1ccccc1. The van der Waals surface area contributed by atoms with Gasteiger partial charge in [0.15, 0.2) is 0 Å². The number of H-pyrrole nitrogens is 1. The van der Waals surface area contributed by atoms with E-state index in [1.165, 1.54) is 4.68 Å². The number of hydrogen-bond donors (Lipinski definition) is 2. The normalized spacial score (nSPS) is 12.3. The number of nitrogens with one attached hydrogen (secondary N) is 2. The summed E-state index contributed by atoms with van der Waals surface area (Å²) in [6, 6.07) is 14.8. The molecule has 1 amide bonds. The molecule has 1 atom stereocenters. The number of benzene rings is 2. The number of halogens is 1. The number of rotatable bonds is 3. The first-order valence-electron chi connectivity index (χ1n) is 9.44. The average Bonchev–Trinajstić information content (AvgIpc) is 3.40. The maximum atomic E-state index is 13.2. The molecule has 0 aliphatic carbocycles. The molecule has 30 heavy (non-hydrogen) atoms. The maximum absolute atomic E-state index is 13.2. The Hall–Kier alpha value is -3.71. The molecule has 2 N–H and O–H groups in total. The van der Waals surface area contributed by atoms with E-state index in [0.29, 0.717) is 27.3 Å². The molecule has 0 bridgehead atoms. The lowest BCUT2D eigenvalue weighted by molar-refractivity contribution is 0.237. The Kier molecular flexibility index (Phi) is 4.44. The van der Waals surface area contributed by atoms with Crippen LogP contribution in [0.2, 0.25) is 5.02 Å². The van der Waals surface area contributed by atoms with Gasteiger partial charge in [0.2, 0.25) is 0 Å². The smallest absolute Gasteiger partial charge is 0.343 e. The number of amides is 1. The lowest BCUT2D eigenvalue weighted by Gasteiger charge is -2.14. The first-order chi connectivity index (χ1) is 14.6. The van der Waals surface area contributed by atoms with Crippen molar-refractivity contribution < 1.29 is 4.79 Å². The minimum atomic E-state index is -0.363. The molecule has 0 fully saturated rings. The predicted octanol–water partition coefficient (Wildman–Crippen LogP) is 4.95. The van der Waals surface area contributed by atoms with Gasteiger partial charge in [0.25, 0.3) is 0 Å². The second-order valence-corrected chi connectivity index (χ2v) is 7.34. The van der Waals surface area contributed by atoms with E-state index >= 15 is 0 Å². The van der Waals surface area contributed by atoms with Crippen LogP contribution in [0.3, 0.4) is 0 Å². The maximum Gasteiger partial charge on any atom is 0.343 e. The Bertz CT molecular complexity index is 1360. The van der Waals surface area contributed by atoms with Crippen LogP contribution in [0.15, 0.2) is 67.3 Å². The fraction of sp³-hybridized carbons (Fsp3) is 0.0909. The summed E-state index contributed by atoms with van der Waals surface area (Å²) in [5, 5.41) is 8.77. The molecule has 3 heterocycles. The Morgan fingerprint density at radius 3 is 2.70 bits per heavy atom. The van der Waals surface area contributed by atoms with Gasteiger partial charge >= 0.3 is 6.03 Å². The lowest BCUT2D eigenvalue weighted by atomic mass is 10.1. The first kappa shape index (κ1) is 18.3. The molecule has 5 rings (SSSR count). The molecule has 0 aliphatic heterocycles. The van der Waals surface area contributed by atoms with Gasteiger partial charge in [-0.2, -0.15) is 9.78 Å². The summed E-state index contributed by atoms with van der Waals surface area (Å²) >= 11 is 6.69. The van der Waals surface area contributed by atoms with Crippen molar-refractivity contribution >= 4 is 39.6 Å². The number of carbonyl (C=O) groups excluding carboxylic acids is 1. The van der Waals surface area contributed by atoms with Crippen LogP contribution >= 0.6 is 11.6 Å². The van der Waals surface area contributed by atoms with Gasteiger partial charge in [0.1, 0.15) is 11.2 Å². The topological polar surface area (TPSA) is 88.5 Å². The Labute approximate surface area is 176 Å². The highest BCUT2D eigenvalue weighted by atomic mass is 35.5. The minimum Gasteiger partial charge on any atom is -0.343 e. The fourth-order valence-corrected chi connectivity index (χ4v) is 3.90. The molecule has 7 nitrogen and oxygen atoms in total. The highest BCUT2D eigenvalue weighted by Crippen LogP contribution is 2.36. The molecule has 0 radical (unpaired) electrons. The van der Waals surface area contributed by atoms with E-state index in [2.05, 4.69) is 25.4 Å². The van der Waals surface area contributed by atoms with Crippen LogP contribution in [0.1, 0.15) is 18.5 Å². The largest absolute Gasteiger partial charge is 0.343 e. The van der Waals surface area contributed by atoms with Gasteiger partial charge in [-0.1, -0.05) is 41.9 Å². The molecule has 5 aromatic rings. The average molecular weight is 417 g/mol. The summed E-state index contributed by atoms with van der Waals surface area (Å²) in [4.78, 5) is 24.6. The second kappa shape index (κ2) is 7.27. The van der Waals surface area contributed by atoms with Gasteiger partial charge in [-0.3, -0.25) is 4.98 Å². The third kappa shape index (κ3) is 3.00. The summed E-state index contributed by atoms with van der Waals surface area (Å²) in [5.41, 5.74) is 4.37. The summed E-state index contributed by atoms with van der Waals surface area (Å²) in [7, 11) is 0. The zero-order chi connectivity index (χ0) is 20.7. The Morgan fingerprint density at radius 2 is 1.93 bits per heavy atom. The van der Waals surface area contributed by atoms with Crippen molar-refractivity contribution in [3.63, 3.8) is 0 Å². The van der Waals surface area contributed by atoms with E-state index < -0.39 is 0 Å². The number of aromatic nitrogens is 5. The molecule has 0 saturated carbocycles. The van der Waals surface area contributed by atoms with E-state index in [0.717, 1.165) is 16.5 Å². The summed E-state index contributed by atoms with van der Waals surface area (Å²) in [6.07, 6.45) is 4.95. The van der Waals surface area contributed by atoms with Crippen molar-refractivity contribution in [3.8, 4) is 11.3 Å². The van der Waals surface area contributed by atoms with Gasteiger partial charge in [-0.05, 0) is 30.7 Å². The highest BCUT2D eigenvalue weighted by molar-refractivity contribution is 6.40.